The summed E-state index contributed by atoms with van der Waals surface area (Å²) in [4.78, 5) is 15.9. The number of hydrogen-bond donors (Lipinski definition) is 0. The van der Waals surface area contributed by atoms with Gasteiger partial charge in [0.25, 0.3) is 0 Å². The summed E-state index contributed by atoms with van der Waals surface area (Å²) in [6.07, 6.45) is 0. The summed E-state index contributed by atoms with van der Waals surface area (Å²) in [6, 6.07) is 42.5. The highest BCUT2D eigenvalue weighted by Gasteiger charge is 2.55. The van der Waals surface area contributed by atoms with Crippen LogP contribution in [0.2, 0.25) is 0 Å². The van der Waals surface area contributed by atoms with Crippen molar-refractivity contribution in [3.8, 4) is 11.5 Å². The van der Waals surface area contributed by atoms with Gasteiger partial charge in [-0.2, -0.15) is 0 Å². The number of fused-ring (bicyclic) bond motifs is 6. The Morgan fingerprint density at radius 2 is 1.11 bits per heavy atom. The number of carbonyl (C=O) groups excluding carboxylic acids is 1. The number of esters is 1. The van der Waals surface area contributed by atoms with Crippen LogP contribution in [-0.4, -0.2) is 5.97 Å². The molecule has 0 atom stereocenters. The monoisotopic (exact) mass is 495 g/mol. The van der Waals surface area contributed by atoms with Crippen LogP contribution in [0.15, 0.2) is 127 Å². The Kier molecular flexibility index (Phi) is 5.26. The summed E-state index contributed by atoms with van der Waals surface area (Å²) >= 11 is 0. The molecule has 38 heavy (non-hydrogen) atoms. The van der Waals surface area contributed by atoms with Crippen LogP contribution >= 0.6 is 0 Å². The van der Waals surface area contributed by atoms with Crippen molar-refractivity contribution in [2.75, 3.05) is 4.90 Å². The number of rotatable bonds is 5. The summed E-state index contributed by atoms with van der Waals surface area (Å²) in [5.74, 6) is 1.06. The quantitative estimate of drug-likeness (QED) is 0.237. The lowest BCUT2D eigenvalue weighted by atomic mass is 9.76. The molecular weight excluding hydrogens is 470 g/mol. The van der Waals surface area contributed by atoms with Gasteiger partial charge in [0.1, 0.15) is 11.5 Å². The molecule has 0 unspecified atom stereocenters. The molecule has 0 aliphatic carbocycles. The Labute approximate surface area is 221 Å². The highest BCUT2D eigenvalue weighted by molar-refractivity contribution is 5.99. The lowest BCUT2D eigenvalue weighted by molar-refractivity contribution is 0.0225. The Morgan fingerprint density at radius 1 is 0.579 bits per heavy atom. The number of anilines is 1. The van der Waals surface area contributed by atoms with E-state index in [1.165, 1.54) is 11.1 Å². The topological polar surface area (TPSA) is 38.8 Å². The van der Waals surface area contributed by atoms with Crippen LogP contribution in [0.3, 0.4) is 0 Å². The van der Waals surface area contributed by atoms with E-state index in [9.17, 15) is 4.79 Å². The van der Waals surface area contributed by atoms with E-state index in [2.05, 4.69) is 59.5 Å². The minimum absolute atomic E-state index is 0.326. The summed E-state index contributed by atoms with van der Waals surface area (Å²) in [5, 5.41) is 0. The normalized spacial score (nSPS) is 14.2. The molecule has 0 bridgehead atoms. The van der Waals surface area contributed by atoms with Gasteiger partial charge in [-0.15, -0.1) is 0 Å². The number of benzene rings is 5. The largest absolute Gasteiger partial charge is 0.456 e. The number of para-hydroxylation sites is 2. The predicted octanol–water partition coefficient (Wildman–Crippen LogP) is 7.46. The SMILES string of the molecule is O=C1OC2(c3ccccc3Oc3ccccc32)c2c1cccc2N(Cc1ccccc1)Cc1ccccc1. The molecule has 4 nitrogen and oxygen atoms in total. The van der Waals surface area contributed by atoms with E-state index in [4.69, 9.17) is 9.47 Å². The number of ether oxygens (including phenoxy) is 2. The lowest BCUT2D eigenvalue weighted by Crippen LogP contribution is -2.35. The molecular formula is C34H25NO3. The number of nitrogens with zero attached hydrogens (tertiary/aromatic N) is 1. The minimum Gasteiger partial charge on any atom is -0.456 e. The van der Waals surface area contributed by atoms with E-state index in [0.29, 0.717) is 30.2 Å². The molecule has 2 aliphatic heterocycles. The zero-order valence-electron chi connectivity index (χ0n) is 20.7. The molecule has 4 heteroatoms. The highest BCUT2D eigenvalue weighted by Crippen LogP contribution is 2.58. The minimum atomic E-state index is -1.11. The number of hydrogen-bond acceptors (Lipinski definition) is 4. The summed E-state index contributed by atoms with van der Waals surface area (Å²) in [5.41, 5.74) is 5.34. The van der Waals surface area contributed by atoms with Gasteiger partial charge in [-0.25, -0.2) is 4.79 Å². The van der Waals surface area contributed by atoms with E-state index >= 15 is 0 Å². The molecule has 0 aromatic heterocycles. The van der Waals surface area contributed by atoms with Crippen molar-refractivity contribution >= 4 is 11.7 Å². The van der Waals surface area contributed by atoms with Gasteiger partial charge in [0.15, 0.2) is 5.60 Å². The molecule has 0 fully saturated rings. The zero-order chi connectivity index (χ0) is 25.5. The number of carbonyl (C=O) groups is 1. The highest BCUT2D eigenvalue weighted by atomic mass is 16.6. The molecule has 0 saturated carbocycles. The van der Waals surface area contributed by atoms with Crippen LogP contribution in [0.1, 0.15) is 38.2 Å². The van der Waals surface area contributed by atoms with E-state index < -0.39 is 5.60 Å². The average molecular weight is 496 g/mol. The summed E-state index contributed by atoms with van der Waals surface area (Å²) in [7, 11) is 0. The van der Waals surface area contributed by atoms with Crippen molar-refractivity contribution in [3.63, 3.8) is 0 Å². The van der Waals surface area contributed by atoms with Gasteiger partial charge in [-0.1, -0.05) is 103 Å². The molecule has 0 radical (unpaired) electrons. The molecule has 184 valence electrons. The third kappa shape index (κ3) is 3.49. The summed E-state index contributed by atoms with van der Waals surface area (Å²) in [6.45, 7) is 1.35. The maximum atomic E-state index is 13.6. The van der Waals surface area contributed by atoms with Crippen LogP contribution in [0.4, 0.5) is 5.69 Å². The van der Waals surface area contributed by atoms with Crippen LogP contribution < -0.4 is 9.64 Å². The van der Waals surface area contributed by atoms with Crippen molar-refractivity contribution in [1.29, 1.82) is 0 Å². The first-order valence-electron chi connectivity index (χ1n) is 12.8. The molecule has 5 aromatic rings. The molecule has 2 aliphatic rings. The average Bonchev–Trinajstić information content (AvgIpc) is 3.27. The van der Waals surface area contributed by atoms with E-state index in [1.807, 2.05) is 72.8 Å². The maximum absolute atomic E-state index is 13.6. The molecule has 0 amide bonds. The van der Waals surface area contributed by atoms with E-state index in [0.717, 1.165) is 22.4 Å². The van der Waals surface area contributed by atoms with E-state index in [1.54, 1.807) is 0 Å². The first-order valence-corrected chi connectivity index (χ1v) is 12.8. The Hall–Kier alpha value is -4.83. The van der Waals surface area contributed by atoms with Gasteiger partial charge >= 0.3 is 5.97 Å². The van der Waals surface area contributed by atoms with Gasteiger partial charge in [-0.3, -0.25) is 0 Å². The van der Waals surface area contributed by atoms with Crippen LogP contribution in [0.5, 0.6) is 11.5 Å². The fourth-order valence-electron chi connectivity index (χ4n) is 5.76. The van der Waals surface area contributed by atoms with Crippen molar-refractivity contribution in [2.45, 2.75) is 18.7 Å². The fraction of sp³-hybridized carbons (Fsp3) is 0.0882. The molecule has 0 N–H and O–H groups in total. The second-order valence-electron chi connectivity index (χ2n) is 9.69. The smallest absolute Gasteiger partial charge is 0.340 e. The molecule has 5 aromatic carbocycles. The Balaban J connectivity index is 1.48. The molecule has 1 spiro atoms. The van der Waals surface area contributed by atoms with Crippen LogP contribution in [-0.2, 0) is 23.4 Å². The maximum Gasteiger partial charge on any atom is 0.340 e. The van der Waals surface area contributed by atoms with Crippen molar-refractivity contribution in [1.82, 2.24) is 0 Å². The first kappa shape index (κ1) is 22.4. The van der Waals surface area contributed by atoms with Gasteiger partial charge in [-0.05, 0) is 35.4 Å². The molecule has 0 saturated heterocycles. The third-order valence-electron chi connectivity index (χ3n) is 7.39. The van der Waals surface area contributed by atoms with Gasteiger partial charge < -0.3 is 14.4 Å². The van der Waals surface area contributed by atoms with Gasteiger partial charge in [0.2, 0.25) is 0 Å². The van der Waals surface area contributed by atoms with Gasteiger partial charge in [0.05, 0.1) is 5.56 Å². The van der Waals surface area contributed by atoms with Crippen LogP contribution in [0.25, 0.3) is 0 Å². The standard InChI is InChI=1S/C34H25NO3/c36-33-26-16-11-19-29(35(22-24-12-3-1-4-13-24)23-25-14-5-2-6-15-25)32(26)34(38-33)27-17-7-9-20-30(27)37-31-21-10-8-18-28(31)34/h1-21H,22-23H2. The van der Waals surface area contributed by atoms with Crippen molar-refractivity contribution in [2.24, 2.45) is 0 Å². The van der Waals surface area contributed by atoms with Crippen LogP contribution in [0, 0.1) is 0 Å². The second-order valence-corrected chi connectivity index (χ2v) is 9.69. The molecule has 2 heterocycles. The van der Waals surface area contributed by atoms with E-state index in [-0.39, 0.29) is 5.97 Å². The zero-order valence-corrected chi connectivity index (χ0v) is 20.7. The Morgan fingerprint density at radius 3 is 1.68 bits per heavy atom. The first-order chi connectivity index (χ1) is 18.7. The van der Waals surface area contributed by atoms with Gasteiger partial charge in [0, 0.05) is 35.5 Å². The van der Waals surface area contributed by atoms with Crippen molar-refractivity contribution in [3.05, 3.63) is 161 Å². The fourth-order valence-corrected chi connectivity index (χ4v) is 5.76. The molecule has 7 rings (SSSR count). The predicted molar refractivity (Wildman–Crippen MR) is 147 cm³/mol. The second kappa shape index (κ2) is 8.93. The third-order valence-corrected chi connectivity index (χ3v) is 7.39. The Bertz CT molecular complexity index is 1560. The van der Waals surface area contributed by atoms with Crippen molar-refractivity contribution < 1.29 is 14.3 Å². The lowest BCUT2D eigenvalue weighted by Gasteiger charge is -2.38. The summed E-state index contributed by atoms with van der Waals surface area (Å²) < 4.78 is 12.8.